The predicted octanol–water partition coefficient (Wildman–Crippen LogP) is 4.37. The molecule has 0 radical (unpaired) electrons. The Morgan fingerprint density at radius 2 is 1.88 bits per heavy atom. The van der Waals surface area contributed by atoms with Gasteiger partial charge in [-0.25, -0.2) is 18.6 Å². The number of nitrogens with one attached hydrogen (secondary N) is 1. The molecule has 0 saturated heterocycles. The lowest BCUT2D eigenvalue weighted by Crippen LogP contribution is -1.99. The Labute approximate surface area is 135 Å². The largest absolute Gasteiger partial charge is 0.478 e. The Balaban J connectivity index is 1.85. The van der Waals surface area contributed by atoms with Gasteiger partial charge in [-0.3, -0.25) is 0 Å². The molecule has 0 aliphatic rings. The average molecular weight is 330 g/mol. The Hall–Kier alpha value is -3.22. The van der Waals surface area contributed by atoms with Crippen LogP contribution in [-0.4, -0.2) is 16.1 Å². The van der Waals surface area contributed by atoms with Crippen LogP contribution in [0.15, 0.2) is 47.0 Å². The number of carboxylic acids is 1. The second kappa shape index (κ2) is 6.11. The van der Waals surface area contributed by atoms with Gasteiger partial charge in [0, 0.05) is 17.3 Å². The minimum Gasteiger partial charge on any atom is -0.478 e. The van der Waals surface area contributed by atoms with Crippen LogP contribution >= 0.6 is 0 Å². The summed E-state index contributed by atoms with van der Waals surface area (Å²) < 4.78 is 31.8. The van der Waals surface area contributed by atoms with Crippen LogP contribution in [0, 0.1) is 18.6 Å². The van der Waals surface area contributed by atoms with Crippen molar-refractivity contribution in [2.75, 3.05) is 5.32 Å². The number of aryl methyl sites for hydroxylation is 1. The van der Waals surface area contributed by atoms with E-state index in [2.05, 4.69) is 10.3 Å². The summed E-state index contributed by atoms with van der Waals surface area (Å²) in [4.78, 5) is 15.0. The van der Waals surface area contributed by atoms with Gasteiger partial charge in [-0.05, 0) is 36.8 Å². The first kappa shape index (κ1) is 15.7. The highest BCUT2D eigenvalue weighted by atomic mass is 19.1. The summed E-state index contributed by atoms with van der Waals surface area (Å²) in [7, 11) is 0. The van der Waals surface area contributed by atoms with Crippen molar-refractivity contribution in [3.05, 3.63) is 65.4 Å². The van der Waals surface area contributed by atoms with E-state index in [0.29, 0.717) is 16.9 Å². The maximum atomic E-state index is 13.2. The van der Waals surface area contributed by atoms with E-state index in [4.69, 9.17) is 9.52 Å². The maximum absolute atomic E-state index is 13.2. The summed E-state index contributed by atoms with van der Waals surface area (Å²) in [6.07, 6.45) is 1.44. The zero-order chi connectivity index (χ0) is 17.3. The number of aromatic carboxylic acids is 1. The fraction of sp³-hybridized carbons (Fsp3) is 0.0588. The SMILES string of the molecule is Cc1cc(-c2cnc(Nc3cc(F)cc(F)c3)o2)ccc1C(=O)O. The maximum Gasteiger partial charge on any atom is 0.335 e. The van der Waals surface area contributed by atoms with Crippen molar-refractivity contribution in [2.24, 2.45) is 0 Å². The van der Waals surface area contributed by atoms with Crippen molar-refractivity contribution in [1.82, 2.24) is 4.98 Å². The van der Waals surface area contributed by atoms with Gasteiger partial charge >= 0.3 is 5.97 Å². The zero-order valence-corrected chi connectivity index (χ0v) is 12.5. The Morgan fingerprint density at radius 1 is 1.17 bits per heavy atom. The third-order valence-corrected chi connectivity index (χ3v) is 3.36. The van der Waals surface area contributed by atoms with E-state index >= 15 is 0 Å². The lowest BCUT2D eigenvalue weighted by molar-refractivity contribution is 0.0696. The molecular weight excluding hydrogens is 318 g/mol. The van der Waals surface area contributed by atoms with E-state index < -0.39 is 17.6 Å². The molecule has 2 N–H and O–H groups in total. The minimum atomic E-state index is -1.01. The lowest BCUT2D eigenvalue weighted by Gasteiger charge is -2.04. The van der Waals surface area contributed by atoms with Crippen LogP contribution in [0.3, 0.4) is 0 Å². The molecule has 0 bridgehead atoms. The Morgan fingerprint density at radius 3 is 2.50 bits per heavy atom. The first-order chi connectivity index (χ1) is 11.4. The molecule has 7 heteroatoms. The number of hydrogen-bond acceptors (Lipinski definition) is 4. The number of aromatic nitrogens is 1. The summed E-state index contributed by atoms with van der Waals surface area (Å²) in [5, 5.41) is 11.7. The van der Waals surface area contributed by atoms with Crippen LogP contribution in [0.25, 0.3) is 11.3 Å². The van der Waals surface area contributed by atoms with Gasteiger partial charge in [0.25, 0.3) is 6.01 Å². The third-order valence-electron chi connectivity index (χ3n) is 3.36. The van der Waals surface area contributed by atoms with Gasteiger partial charge in [0.1, 0.15) is 11.6 Å². The summed E-state index contributed by atoms with van der Waals surface area (Å²) in [5.41, 5.74) is 1.59. The smallest absolute Gasteiger partial charge is 0.335 e. The molecule has 5 nitrogen and oxygen atoms in total. The molecule has 0 amide bonds. The van der Waals surface area contributed by atoms with Crippen LogP contribution < -0.4 is 5.32 Å². The van der Waals surface area contributed by atoms with E-state index in [1.165, 1.54) is 12.3 Å². The Bertz CT molecular complexity index is 902. The van der Waals surface area contributed by atoms with Gasteiger partial charge in [-0.1, -0.05) is 6.07 Å². The second-order valence-corrected chi connectivity index (χ2v) is 5.15. The number of carbonyl (C=O) groups is 1. The number of halogens is 2. The molecule has 0 saturated carbocycles. The molecular formula is C17H12F2N2O3. The molecule has 0 aliphatic heterocycles. The van der Waals surface area contributed by atoms with E-state index in [0.717, 1.165) is 18.2 Å². The molecule has 3 aromatic rings. The van der Waals surface area contributed by atoms with Crippen molar-refractivity contribution in [1.29, 1.82) is 0 Å². The minimum absolute atomic E-state index is 0.0648. The van der Waals surface area contributed by atoms with E-state index in [1.807, 2.05) is 0 Å². The van der Waals surface area contributed by atoms with Gasteiger partial charge in [0.15, 0.2) is 5.76 Å². The van der Waals surface area contributed by atoms with Gasteiger partial charge in [0.05, 0.1) is 11.8 Å². The standard InChI is InChI=1S/C17H12F2N2O3/c1-9-4-10(2-3-14(9)16(22)23)15-8-20-17(24-15)21-13-6-11(18)5-12(19)7-13/h2-8H,1H3,(H,20,21)(H,22,23). The van der Waals surface area contributed by atoms with Crippen molar-refractivity contribution in [3.63, 3.8) is 0 Å². The topological polar surface area (TPSA) is 75.4 Å². The molecule has 1 aromatic heterocycles. The number of carboxylic acid groups (broad SMARTS) is 1. The van der Waals surface area contributed by atoms with E-state index in [-0.39, 0.29) is 17.3 Å². The number of rotatable bonds is 4. The summed E-state index contributed by atoms with van der Waals surface area (Å²) in [6, 6.07) is 7.79. The molecule has 0 spiro atoms. The molecule has 0 atom stereocenters. The highest BCUT2D eigenvalue weighted by Crippen LogP contribution is 2.26. The molecule has 2 aromatic carbocycles. The fourth-order valence-corrected chi connectivity index (χ4v) is 2.27. The second-order valence-electron chi connectivity index (χ2n) is 5.15. The molecule has 0 unspecified atom stereocenters. The van der Waals surface area contributed by atoms with Crippen LogP contribution in [0.2, 0.25) is 0 Å². The van der Waals surface area contributed by atoms with Crippen molar-refractivity contribution < 1.29 is 23.1 Å². The van der Waals surface area contributed by atoms with E-state index in [9.17, 15) is 13.6 Å². The fourth-order valence-electron chi connectivity index (χ4n) is 2.27. The van der Waals surface area contributed by atoms with Crippen molar-refractivity contribution >= 4 is 17.7 Å². The monoisotopic (exact) mass is 330 g/mol. The quantitative estimate of drug-likeness (QED) is 0.743. The molecule has 0 fully saturated rings. The summed E-state index contributed by atoms with van der Waals surface area (Å²) in [5.74, 6) is -2.05. The molecule has 0 aliphatic carbocycles. The predicted molar refractivity (Wildman–Crippen MR) is 83.3 cm³/mol. The normalized spacial score (nSPS) is 10.6. The number of hydrogen-bond donors (Lipinski definition) is 2. The highest BCUT2D eigenvalue weighted by molar-refractivity contribution is 5.90. The molecule has 3 rings (SSSR count). The van der Waals surface area contributed by atoms with Gasteiger partial charge in [0.2, 0.25) is 0 Å². The van der Waals surface area contributed by atoms with Gasteiger partial charge in [-0.2, -0.15) is 0 Å². The molecule has 1 heterocycles. The lowest BCUT2D eigenvalue weighted by atomic mass is 10.0. The molecule has 122 valence electrons. The number of oxazole rings is 1. The van der Waals surface area contributed by atoms with Gasteiger partial charge in [-0.15, -0.1) is 0 Å². The average Bonchev–Trinajstić information content (AvgIpc) is 2.94. The Kier molecular flexibility index (Phi) is 3.99. The van der Waals surface area contributed by atoms with Crippen molar-refractivity contribution in [3.8, 4) is 11.3 Å². The third kappa shape index (κ3) is 3.24. The first-order valence-electron chi connectivity index (χ1n) is 6.95. The van der Waals surface area contributed by atoms with Crippen LogP contribution in [0.4, 0.5) is 20.5 Å². The first-order valence-corrected chi connectivity index (χ1v) is 6.95. The summed E-state index contributed by atoms with van der Waals surface area (Å²) in [6.45, 7) is 1.68. The van der Waals surface area contributed by atoms with Crippen molar-refractivity contribution in [2.45, 2.75) is 6.92 Å². The van der Waals surface area contributed by atoms with Crippen LogP contribution in [-0.2, 0) is 0 Å². The van der Waals surface area contributed by atoms with Gasteiger partial charge < -0.3 is 14.8 Å². The van der Waals surface area contributed by atoms with E-state index in [1.54, 1.807) is 19.1 Å². The number of anilines is 2. The number of nitrogens with zero attached hydrogens (tertiary/aromatic N) is 1. The molecule has 24 heavy (non-hydrogen) atoms. The number of benzene rings is 2. The zero-order valence-electron chi connectivity index (χ0n) is 12.5. The van der Waals surface area contributed by atoms with Crippen LogP contribution in [0.5, 0.6) is 0 Å². The summed E-state index contributed by atoms with van der Waals surface area (Å²) >= 11 is 0. The highest BCUT2D eigenvalue weighted by Gasteiger charge is 2.12. The van der Waals surface area contributed by atoms with Crippen LogP contribution in [0.1, 0.15) is 15.9 Å².